The molecule has 128 valence electrons. The summed E-state index contributed by atoms with van der Waals surface area (Å²) >= 11 is 0. The topological polar surface area (TPSA) is 54.4 Å². The predicted octanol–water partition coefficient (Wildman–Crippen LogP) is 3.95. The molecule has 24 heavy (non-hydrogen) atoms. The Hall–Kier alpha value is -1.71. The Labute approximate surface area is 141 Å². The van der Waals surface area contributed by atoms with Crippen molar-refractivity contribution in [3.05, 3.63) is 35.6 Å². The van der Waals surface area contributed by atoms with E-state index in [1.807, 2.05) is 0 Å². The summed E-state index contributed by atoms with van der Waals surface area (Å²) in [5.41, 5.74) is 0.257. The second-order valence-corrected chi connectivity index (χ2v) is 8.30. The number of Topliss-reactive ketones (excluding diaryl/α,β-unsaturated/α-hetero) is 1. The number of hydrogen-bond acceptors (Lipinski definition) is 2. The Morgan fingerprint density at radius 1 is 1.12 bits per heavy atom. The molecule has 4 heteroatoms. The summed E-state index contributed by atoms with van der Waals surface area (Å²) in [4.78, 5) is 24.1. The van der Waals surface area contributed by atoms with Gasteiger partial charge in [-0.25, -0.2) is 4.39 Å². The van der Waals surface area contributed by atoms with E-state index < -0.39 is 11.4 Å². The van der Waals surface area contributed by atoms with Gasteiger partial charge in [0, 0.05) is 10.8 Å². The second kappa shape index (κ2) is 5.14. The first kappa shape index (κ1) is 15.8. The van der Waals surface area contributed by atoms with E-state index in [1.54, 1.807) is 19.1 Å². The summed E-state index contributed by atoms with van der Waals surface area (Å²) in [5, 5.41) is 9.61. The monoisotopic (exact) mass is 330 g/mol. The highest BCUT2D eigenvalue weighted by atomic mass is 19.1. The molecule has 0 heterocycles. The van der Waals surface area contributed by atoms with Gasteiger partial charge in [0.25, 0.3) is 0 Å². The molecule has 1 aromatic rings. The molecule has 0 aliphatic heterocycles. The molecule has 1 N–H and O–H groups in total. The van der Waals surface area contributed by atoms with E-state index in [9.17, 15) is 19.1 Å². The third-order valence-electron chi connectivity index (χ3n) is 7.22. The molecule has 0 spiro atoms. The minimum atomic E-state index is -0.802. The molecule has 2 atom stereocenters. The SMILES string of the molecule is CC(=O)[C@]12CC3CC(C1)[C@@](CC(=O)O)(c1ccc(F)cc1)C(C3)C2. The number of carbonyl (C=O) groups excluding carboxylic acids is 1. The fourth-order valence-corrected chi connectivity index (χ4v) is 6.40. The van der Waals surface area contributed by atoms with Crippen molar-refractivity contribution < 1.29 is 19.1 Å². The van der Waals surface area contributed by atoms with Crippen LogP contribution < -0.4 is 0 Å². The van der Waals surface area contributed by atoms with Crippen LogP contribution in [0.1, 0.15) is 51.0 Å². The van der Waals surface area contributed by atoms with Crippen molar-refractivity contribution in [3.63, 3.8) is 0 Å². The normalized spacial score (nSPS) is 39.8. The highest BCUT2D eigenvalue weighted by Crippen LogP contribution is 2.68. The van der Waals surface area contributed by atoms with Gasteiger partial charge in [-0.3, -0.25) is 9.59 Å². The maximum atomic E-state index is 13.4. The van der Waals surface area contributed by atoms with Crippen LogP contribution in [0.3, 0.4) is 0 Å². The molecule has 4 aliphatic carbocycles. The van der Waals surface area contributed by atoms with E-state index in [4.69, 9.17) is 0 Å². The minimum absolute atomic E-state index is 0.0780. The Morgan fingerprint density at radius 3 is 2.21 bits per heavy atom. The molecule has 2 unspecified atom stereocenters. The zero-order valence-electron chi connectivity index (χ0n) is 13.9. The Kier molecular flexibility index (Phi) is 3.38. The number of carboxylic acid groups (broad SMARTS) is 1. The molecular formula is C20H23FO3. The zero-order valence-corrected chi connectivity index (χ0v) is 13.9. The third kappa shape index (κ3) is 2.08. The summed E-state index contributed by atoms with van der Waals surface area (Å²) in [7, 11) is 0. The first-order valence-electron chi connectivity index (χ1n) is 8.85. The van der Waals surface area contributed by atoms with Gasteiger partial charge >= 0.3 is 5.97 Å². The van der Waals surface area contributed by atoms with Gasteiger partial charge in [0.2, 0.25) is 0 Å². The predicted molar refractivity (Wildman–Crippen MR) is 87.0 cm³/mol. The van der Waals surface area contributed by atoms with Crippen molar-refractivity contribution in [3.8, 4) is 0 Å². The second-order valence-electron chi connectivity index (χ2n) is 8.30. The molecule has 4 bridgehead atoms. The highest BCUT2D eigenvalue weighted by Gasteiger charge is 2.64. The lowest BCUT2D eigenvalue weighted by Gasteiger charge is -2.65. The lowest BCUT2D eigenvalue weighted by Crippen LogP contribution is -2.61. The summed E-state index contributed by atoms with van der Waals surface area (Å²) in [6.07, 6.45) is 4.63. The van der Waals surface area contributed by atoms with Crippen molar-refractivity contribution in [1.82, 2.24) is 0 Å². The van der Waals surface area contributed by atoms with Crippen LogP contribution in [0.2, 0.25) is 0 Å². The summed E-state index contributed by atoms with van der Waals surface area (Å²) < 4.78 is 13.4. The number of hydrogen-bond donors (Lipinski definition) is 1. The quantitative estimate of drug-likeness (QED) is 0.909. The van der Waals surface area contributed by atoms with Crippen LogP contribution in [0.5, 0.6) is 0 Å². The number of aliphatic carboxylic acids is 1. The van der Waals surface area contributed by atoms with Gasteiger partial charge in [-0.1, -0.05) is 12.1 Å². The Bertz CT molecular complexity index is 677. The maximum Gasteiger partial charge on any atom is 0.304 e. The van der Waals surface area contributed by atoms with Crippen molar-refractivity contribution >= 4 is 11.8 Å². The lowest BCUT2D eigenvalue weighted by molar-refractivity contribution is -0.160. The van der Waals surface area contributed by atoms with E-state index in [0.717, 1.165) is 37.7 Å². The van der Waals surface area contributed by atoms with Crippen LogP contribution in [-0.4, -0.2) is 16.9 Å². The van der Waals surface area contributed by atoms with Crippen LogP contribution in [0, 0.1) is 29.0 Å². The van der Waals surface area contributed by atoms with E-state index >= 15 is 0 Å². The molecule has 4 saturated carbocycles. The van der Waals surface area contributed by atoms with E-state index in [1.165, 1.54) is 12.1 Å². The van der Waals surface area contributed by atoms with Crippen LogP contribution >= 0.6 is 0 Å². The van der Waals surface area contributed by atoms with Crippen LogP contribution in [-0.2, 0) is 15.0 Å². The van der Waals surface area contributed by atoms with Crippen molar-refractivity contribution in [2.75, 3.05) is 0 Å². The van der Waals surface area contributed by atoms with Gasteiger partial charge in [-0.15, -0.1) is 0 Å². The number of halogens is 1. The van der Waals surface area contributed by atoms with E-state index in [-0.39, 0.29) is 35.3 Å². The number of carboxylic acids is 1. The minimum Gasteiger partial charge on any atom is -0.481 e. The standard InChI is InChI=1S/C20H23FO3/c1-12(22)19-8-13-6-15(9-19)20(11-18(23)24,16(7-13)10-19)14-2-4-17(21)5-3-14/h2-5,13,15-16H,6-11H2,1H3,(H,23,24)/t13?,15?,16?,19-,20-. The number of rotatable bonds is 4. The zero-order chi connectivity index (χ0) is 17.1. The largest absolute Gasteiger partial charge is 0.481 e. The van der Waals surface area contributed by atoms with Crippen molar-refractivity contribution in [2.45, 2.75) is 50.9 Å². The molecule has 1 aromatic carbocycles. The molecule has 0 saturated heterocycles. The van der Waals surface area contributed by atoms with E-state index in [2.05, 4.69) is 0 Å². The summed E-state index contributed by atoms with van der Waals surface area (Å²) in [6, 6.07) is 6.40. The fourth-order valence-electron chi connectivity index (χ4n) is 6.40. The maximum absolute atomic E-state index is 13.4. The van der Waals surface area contributed by atoms with Gasteiger partial charge in [0.15, 0.2) is 0 Å². The first-order valence-corrected chi connectivity index (χ1v) is 8.85. The van der Waals surface area contributed by atoms with Crippen LogP contribution in [0.4, 0.5) is 4.39 Å². The van der Waals surface area contributed by atoms with Crippen molar-refractivity contribution in [1.29, 1.82) is 0 Å². The van der Waals surface area contributed by atoms with Gasteiger partial charge in [0.1, 0.15) is 11.6 Å². The first-order chi connectivity index (χ1) is 11.4. The lowest BCUT2D eigenvalue weighted by atomic mass is 9.38. The molecule has 0 radical (unpaired) electrons. The molecule has 0 aromatic heterocycles. The fraction of sp³-hybridized carbons (Fsp3) is 0.600. The van der Waals surface area contributed by atoms with Gasteiger partial charge in [0.05, 0.1) is 6.42 Å². The molecule has 3 nitrogen and oxygen atoms in total. The average Bonchev–Trinajstić information content (AvgIpc) is 2.51. The van der Waals surface area contributed by atoms with Crippen LogP contribution in [0.25, 0.3) is 0 Å². The Balaban J connectivity index is 1.82. The summed E-state index contributed by atoms with van der Waals surface area (Å²) in [6.45, 7) is 1.70. The molecular weight excluding hydrogens is 307 g/mol. The van der Waals surface area contributed by atoms with Gasteiger partial charge in [-0.2, -0.15) is 0 Å². The molecule has 4 aliphatic rings. The van der Waals surface area contributed by atoms with Crippen LogP contribution in [0.15, 0.2) is 24.3 Å². The number of carbonyl (C=O) groups is 2. The molecule has 0 amide bonds. The number of benzene rings is 1. The van der Waals surface area contributed by atoms with E-state index in [0.29, 0.717) is 5.92 Å². The van der Waals surface area contributed by atoms with Gasteiger partial charge in [-0.05, 0) is 74.5 Å². The molecule has 5 rings (SSSR count). The Morgan fingerprint density at radius 2 is 1.71 bits per heavy atom. The highest BCUT2D eigenvalue weighted by molar-refractivity contribution is 5.83. The number of ketones is 1. The third-order valence-corrected chi connectivity index (χ3v) is 7.22. The van der Waals surface area contributed by atoms with Gasteiger partial charge < -0.3 is 5.11 Å². The summed E-state index contributed by atoms with van der Waals surface area (Å²) in [5.74, 6) is 0.110. The molecule has 4 fully saturated rings. The average molecular weight is 330 g/mol. The van der Waals surface area contributed by atoms with Crippen molar-refractivity contribution in [2.24, 2.45) is 23.2 Å². The smallest absolute Gasteiger partial charge is 0.304 e.